The van der Waals surface area contributed by atoms with Crippen LogP contribution in [0.5, 0.6) is 5.75 Å². The predicted molar refractivity (Wildman–Crippen MR) is 88.3 cm³/mol. The van der Waals surface area contributed by atoms with Crippen molar-refractivity contribution in [3.8, 4) is 5.75 Å². The first-order valence-corrected chi connectivity index (χ1v) is 6.92. The van der Waals surface area contributed by atoms with Crippen molar-refractivity contribution < 1.29 is 9.53 Å². The van der Waals surface area contributed by atoms with Crippen LogP contribution < -0.4 is 4.74 Å². The molecule has 3 heteroatoms. The molecule has 0 aliphatic carbocycles. The van der Waals surface area contributed by atoms with Gasteiger partial charge in [0.15, 0.2) is 6.29 Å². The van der Waals surface area contributed by atoms with Gasteiger partial charge in [-0.3, -0.25) is 4.79 Å². The van der Waals surface area contributed by atoms with E-state index in [1.165, 1.54) is 0 Å². The van der Waals surface area contributed by atoms with Gasteiger partial charge in [-0.05, 0) is 37.1 Å². The molecule has 21 heavy (non-hydrogen) atoms. The van der Waals surface area contributed by atoms with Crippen molar-refractivity contribution in [1.82, 2.24) is 0 Å². The molecular weight excluding hydrogens is 284 g/mol. The van der Waals surface area contributed by atoms with Crippen LogP contribution >= 0.6 is 11.6 Å². The Labute approximate surface area is 131 Å². The summed E-state index contributed by atoms with van der Waals surface area (Å²) in [6.45, 7) is 10.3. The number of carbonyl (C=O) groups is 1. The lowest BCUT2D eigenvalue weighted by atomic mass is 10.1. The Morgan fingerprint density at radius 3 is 2.57 bits per heavy atom. The van der Waals surface area contributed by atoms with Crippen LogP contribution in [0.25, 0.3) is 0 Å². The Bertz CT molecular complexity index is 621. The smallest absolute Gasteiger partial charge is 0.151 e. The minimum absolute atomic E-state index is 0.332. The Balaban J connectivity index is 0.00000106. The average Bonchev–Trinajstić information content (AvgIpc) is 2.50. The zero-order valence-corrected chi connectivity index (χ0v) is 13.1. The summed E-state index contributed by atoms with van der Waals surface area (Å²) < 4.78 is 5.78. The lowest BCUT2D eigenvalue weighted by Gasteiger charge is -2.11. The van der Waals surface area contributed by atoms with E-state index in [0.29, 0.717) is 17.2 Å². The van der Waals surface area contributed by atoms with E-state index in [9.17, 15) is 4.79 Å². The number of rotatable bonds is 4. The van der Waals surface area contributed by atoms with E-state index in [1.54, 1.807) is 6.07 Å². The van der Waals surface area contributed by atoms with Crippen LogP contribution in [0.15, 0.2) is 49.6 Å². The lowest BCUT2D eigenvalue weighted by Crippen LogP contribution is -2.01. The molecule has 0 saturated heterocycles. The molecule has 0 aromatic heterocycles. The molecule has 0 aliphatic rings. The molecule has 0 amide bonds. The Morgan fingerprint density at radius 1 is 1.19 bits per heavy atom. The van der Waals surface area contributed by atoms with Crippen LogP contribution in [0.2, 0.25) is 5.02 Å². The van der Waals surface area contributed by atoms with Gasteiger partial charge in [-0.1, -0.05) is 35.9 Å². The van der Waals surface area contributed by atoms with Gasteiger partial charge >= 0.3 is 0 Å². The highest BCUT2D eigenvalue weighted by molar-refractivity contribution is 6.33. The van der Waals surface area contributed by atoms with E-state index in [4.69, 9.17) is 16.3 Å². The fraction of sp³-hybridized carbons (Fsp3) is 0.167. The van der Waals surface area contributed by atoms with Crippen molar-refractivity contribution in [3.63, 3.8) is 0 Å². The molecule has 2 aromatic rings. The summed E-state index contributed by atoms with van der Waals surface area (Å²) >= 11 is 5.98. The number of carbonyl (C=O) groups excluding carboxylic acids is 1. The zero-order chi connectivity index (χ0) is 15.8. The van der Waals surface area contributed by atoms with Gasteiger partial charge in [0, 0.05) is 11.1 Å². The van der Waals surface area contributed by atoms with Gasteiger partial charge in [-0.15, -0.1) is 13.2 Å². The first-order chi connectivity index (χ1) is 10.1. The summed E-state index contributed by atoms with van der Waals surface area (Å²) in [5.74, 6) is 0.830. The molecule has 0 aliphatic heterocycles. The van der Waals surface area contributed by atoms with Crippen molar-refractivity contribution in [3.05, 3.63) is 76.8 Å². The third-order valence-electron chi connectivity index (χ3n) is 2.99. The van der Waals surface area contributed by atoms with Crippen LogP contribution in [-0.2, 0) is 6.61 Å². The highest BCUT2D eigenvalue weighted by Crippen LogP contribution is 2.23. The first kappa shape index (κ1) is 17.0. The van der Waals surface area contributed by atoms with E-state index in [2.05, 4.69) is 13.2 Å². The van der Waals surface area contributed by atoms with Gasteiger partial charge < -0.3 is 4.74 Å². The predicted octanol–water partition coefficient (Wildman–Crippen LogP) is 5.15. The van der Waals surface area contributed by atoms with Gasteiger partial charge in [-0.2, -0.15) is 0 Å². The molecule has 110 valence electrons. The first-order valence-electron chi connectivity index (χ1n) is 6.54. The molecule has 0 unspecified atom stereocenters. The summed E-state index contributed by atoms with van der Waals surface area (Å²) in [7, 11) is 0. The number of ether oxygens (including phenoxy) is 1. The average molecular weight is 303 g/mol. The number of aryl methyl sites for hydroxylation is 2. The normalized spacial score (nSPS) is 9.48. The van der Waals surface area contributed by atoms with Crippen molar-refractivity contribution >= 4 is 17.9 Å². The molecule has 2 nitrogen and oxygen atoms in total. The van der Waals surface area contributed by atoms with Crippen molar-refractivity contribution in [2.45, 2.75) is 20.5 Å². The summed E-state index contributed by atoms with van der Waals surface area (Å²) in [6.07, 6.45) is 0.768. The molecule has 0 spiro atoms. The quantitative estimate of drug-likeness (QED) is 0.576. The number of aldehydes is 1. The highest BCUT2D eigenvalue weighted by Gasteiger charge is 2.07. The Morgan fingerprint density at radius 2 is 1.90 bits per heavy atom. The third kappa shape index (κ3) is 4.47. The largest absolute Gasteiger partial charge is 0.489 e. The molecule has 0 saturated carbocycles. The fourth-order valence-corrected chi connectivity index (χ4v) is 2.10. The van der Waals surface area contributed by atoms with Crippen LogP contribution in [0.1, 0.15) is 27.0 Å². The number of hydrogen-bond donors (Lipinski definition) is 0. The van der Waals surface area contributed by atoms with Gasteiger partial charge in [0.25, 0.3) is 0 Å². The Kier molecular flexibility index (Phi) is 6.70. The van der Waals surface area contributed by atoms with Gasteiger partial charge in [0.2, 0.25) is 0 Å². The topological polar surface area (TPSA) is 26.3 Å². The molecule has 2 aromatic carbocycles. The third-order valence-corrected chi connectivity index (χ3v) is 3.32. The van der Waals surface area contributed by atoms with E-state index in [-0.39, 0.29) is 0 Å². The van der Waals surface area contributed by atoms with Crippen LogP contribution in [0, 0.1) is 13.8 Å². The number of hydrogen-bond acceptors (Lipinski definition) is 2. The summed E-state index contributed by atoms with van der Waals surface area (Å²) in [6, 6.07) is 11.4. The maximum atomic E-state index is 11.0. The molecule has 2 rings (SSSR count). The standard InChI is InChI=1S/C16H15ClO2.C2H4/c1-11-6-7-12(2)16(8-11)19-10-13-4-3-5-15(17)14(13)9-18;1-2/h3-9H,10H2,1-2H3;1-2H2. The van der Waals surface area contributed by atoms with Crippen molar-refractivity contribution in [2.75, 3.05) is 0 Å². The second-order valence-corrected chi connectivity index (χ2v) is 4.90. The van der Waals surface area contributed by atoms with E-state index in [0.717, 1.165) is 28.7 Å². The van der Waals surface area contributed by atoms with Gasteiger partial charge in [0.05, 0.1) is 5.02 Å². The fourth-order valence-electron chi connectivity index (χ4n) is 1.86. The van der Waals surface area contributed by atoms with Crippen LogP contribution in [0.4, 0.5) is 0 Å². The maximum absolute atomic E-state index is 11.0. The molecule has 0 N–H and O–H groups in total. The second-order valence-electron chi connectivity index (χ2n) is 4.49. The molecule has 0 bridgehead atoms. The molecule has 0 atom stereocenters. The minimum Gasteiger partial charge on any atom is -0.489 e. The van der Waals surface area contributed by atoms with E-state index >= 15 is 0 Å². The molecule has 0 radical (unpaired) electrons. The van der Waals surface area contributed by atoms with E-state index in [1.807, 2.05) is 44.2 Å². The lowest BCUT2D eigenvalue weighted by molar-refractivity contribution is 0.112. The van der Waals surface area contributed by atoms with Crippen molar-refractivity contribution in [1.29, 1.82) is 0 Å². The summed E-state index contributed by atoms with van der Waals surface area (Å²) in [5, 5.41) is 0.456. The van der Waals surface area contributed by atoms with Crippen LogP contribution in [0.3, 0.4) is 0 Å². The van der Waals surface area contributed by atoms with Gasteiger partial charge in [0.1, 0.15) is 12.4 Å². The molecule has 0 heterocycles. The van der Waals surface area contributed by atoms with Crippen LogP contribution in [-0.4, -0.2) is 6.29 Å². The summed E-state index contributed by atoms with van der Waals surface area (Å²) in [5.41, 5.74) is 3.50. The summed E-state index contributed by atoms with van der Waals surface area (Å²) in [4.78, 5) is 11.0. The zero-order valence-electron chi connectivity index (χ0n) is 12.4. The molecule has 0 fully saturated rings. The van der Waals surface area contributed by atoms with Crippen molar-refractivity contribution in [2.24, 2.45) is 0 Å². The Hall–Kier alpha value is -2.06. The SMILES string of the molecule is C=C.Cc1ccc(C)c(OCc2cccc(Cl)c2C=O)c1. The number of halogens is 1. The maximum Gasteiger partial charge on any atom is 0.151 e. The number of benzene rings is 2. The monoisotopic (exact) mass is 302 g/mol. The van der Waals surface area contributed by atoms with E-state index < -0.39 is 0 Å². The van der Waals surface area contributed by atoms with Gasteiger partial charge in [-0.25, -0.2) is 0 Å². The minimum atomic E-state index is 0.332. The second kappa shape index (κ2) is 8.28. The highest BCUT2D eigenvalue weighted by atomic mass is 35.5. The molecular formula is C18H19ClO2.